The molecule has 1 fully saturated rings. The Labute approximate surface area is 142 Å². The maximum atomic E-state index is 12.9. The van der Waals surface area contributed by atoms with E-state index in [1.165, 1.54) is 17.5 Å². The van der Waals surface area contributed by atoms with Gasteiger partial charge in [0.15, 0.2) is 0 Å². The molecule has 0 spiro atoms. The first kappa shape index (κ1) is 15.3. The smallest absolute Gasteiger partial charge is 0.253 e. The van der Waals surface area contributed by atoms with Crippen LogP contribution in [-0.2, 0) is 12.8 Å². The molecule has 4 rings (SSSR count). The molecular formula is C20H23N3O. The molecule has 0 saturated carbocycles. The molecule has 0 radical (unpaired) electrons. The number of likely N-dealkylation sites (tertiary alicyclic amines) is 1. The van der Waals surface area contributed by atoms with Crippen molar-refractivity contribution in [2.24, 2.45) is 0 Å². The van der Waals surface area contributed by atoms with Gasteiger partial charge in [-0.05, 0) is 68.4 Å². The molecule has 4 nitrogen and oxygen atoms in total. The highest BCUT2D eigenvalue weighted by molar-refractivity contribution is 5.94. The number of aryl methyl sites for hydroxylation is 3. The SMILES string of the molecule is Cc1nccc(C2CCCN(C(=O)c3ccc4c(c3)CCC4)C2)n1. The standard InChI is InChI=1S/C20H23N3O/c1-14-21-10-9-19(22-14)18-6-3-11-23(13-18)20(24)17-8-7-15-4-2-5-16(15)12-17/h7-10,12,18H,2-6,11,13H2,1H3. The largest absolute Gasteiger partial charge is 0.338 e. The Bertz CT molecular complexity index is 771. The van der Waals surface area contributed by atoms with Crippen molar-refractivity contribution in [2.75, 3.05) is 13.1 Å². The van der Waals surface area contributed by atoms with Crippen LogP contribution < -0.4 is 0 Å². The Morgan fingerprint density at radius 1 is 1.17 bits per heavy atom. The van der Waals surface area contributed by atoms with Gasteiger partial charge in [-0.2, -0.15) is 0 Å². The fraction of sp³-hybridized carbons (Fsp3) is 0.450. The first-order chi connectivity index (χ1) is 11.7. The zero-order valence-corrected chi connectivity index (χ0v) is 14.2. The van der Waals surface area contributed by atoms with Gasteiger partial charge in [0, 0.05) is 36.5 Å². The predicted octanol–water partition coefficient (Wildman–Crippen LogP) is 3.29. The van der Waals surface area contributed by atoms with Gasteiger partial charge in [-0.3, -0.25) is 4.79 Å². The highest BCUT2D eigenvalue weighted by Gasteiger charge is 2.27. The molecule has 1 aliphatic carbocycles. The molecule has 0 N–H and O–H groups in total. The van der Waals surface area contributed by atoms with E-state index < -0.39 is 0 Å². The summed E-state index contributed by atoms with van der Waals surface area (Å²) in [6.07, 6.45) is 7.42. The number of fused-ring (bicyclic) bond motifs is 1. The van der Waals surface area contributed by atoms with Crippen LogP contribution in [0.15, 0.2) is 30.5 Å². The van der Waals surface area contributed by atoms with Crippen molar-refractivity contribution < 1.29 is 4.79 Å². The maximum Gasteiger partial charge on any atom is 0.253 e. The lowest BCUT2D eigenvalue weighted by Gasteiger charge is -2.32. The highest BCUT2D eigenvalue weighted by atomic mass is 16.2. The molecule has 1 saturated heterocycles. The zero-order chi connectivity index (χ0) is 16.5. The summed E-state index contributed by atoms with van der Waals surface area (Å²) in [7, 11) is 0. The highest BCUT2D eigenvalue weighted by Crippen LogP contribution is 2.28. The Morgan fingerprint density at radius 3 is 2.92 bits per heavy atom. The second-order valence-corrected chi connectivity index (χ2v) is 6.96. The van der Waals surface area contributed by atoms with Crippen molar-refractivity contribution in [3.05, 3.63) is 58.7 Å². The molecule has 2 aromatic rings. The molecule has 124 valence electrons. The van der Waals surface area contributed by atoms with Gasteiger partial charge in [0.2, 0.25) is 0 Å². The number of amides is 1. The van der Waals surface area contributed by atoms with Gasteiger partial charge in [-0.15, -0.1) is 0 Å². The van der Waals surface area contributed by atoms with E-state index in [2.05, 4.69) is 22.1 Å². The summed E-state index contributed by atoms with van der Waals surface area (Å²) in [5.41, 5.74) is 4.68. The van der Waals surface area contributed by atoms with Crippen molar-refractivity contribution in [3.63, 3.8) is 0 Å². The van der Waals surface area contributed by atoms with Crippen LogP contribution in [0.5, 0.6) is 0 Å². The second kappa shape index (κ2) is 6.34. The number of rotatable bonds is 2. The van der Waals surface area contributed by atoms with Gasteiger partial charge in [-0.25, -0.2) is 9.97 Å². The zero-order valence-electron chi connectivity index (χ0n) is 14.2. The quantitative estimate of drug-likeness (QED) is 0.852. The van der Waals surface area contributed by atoms with E-state index >= 15 is 0 Å². The van der Waals surface area contributed by atoms with Crippen LogP contribution in [0.1, 0.15) is 58.2 Å². The average Bonchev–Trinajstić information content (AvgIpc) is 3.09. The third-order valence-electron chi connectivity index (χ3n) is 5.27. The number of carbonyl (C=O) groups excluding carboxylic acids is 1. The van der Waals surface area contributed by atoms with E-state index in [4.69, 9.17) is 0 Å². The van der Waals surface area contributed by atoms with Crippen molar-refractivity contribution in [1.29, 1.82) is 0 Å². The van der Waals surface area contributed by atoms with Gasteiger partial charge >= 0.3 is 0 Å². The lowest BCUT2D eigenvalue weighted by Crippen LogP contribution is -2.39. The lowest BCUT2D eigenvalue weighted by molar-refractivity contribution is 0.0705. The van der Waals surface area contributed by atoms with Crippen LogP contribution in [0, 0.1) is 6.92 Å². The molecule has 2 heterocycles. The summed E-state index contributed by atoms with van der Waals surface area (Å²) in [4.78, 5) is 23.7. The minimum atomic E-state index is 0.167. The molecule has 1 aliphatic heterocycles. The Kier molecular flexibility index (Phi) is 4.05. The van der Waals surface area contributed by atoms with Crippen molar-refractivity contribution in [1.82, 2.24) is 14.9 Å². The average molecular weight is 321 g/mol. The molecule has 1 atom stereocenters. The van der Waals surface area contributed by atoms with Crippen LogP contribution >= 0.6 is 0 Å². The van der Waals surface area contributed by atoms with E-state index in [0.29, 0.717) is 5.92 Å². The second-order valence-electron chi connectivity index (χ2n) is 6.96. The molecule has 24 heavy (non-hydrogen) atoms. The van der Waals surface area contributed by atoms with Crippen LogP contribution in [0.4, 0.5) is 0 Å². The normalized spacial score (nSPS) is 20.0. The summed E-state index contributed by atoms with van der Waals surface area (Å²) in [6.45, 7) is 3.52. The van der Waals surface area contributed by atoms with Gasteiger partial charge in [0.05, 0.1) is 0 Å². The molecule has 1 amide bonds. The fourth-order valence-electron chi connectivity index (χ4n) is 3.99. The van der Waals surface area contributed by atoms with Gasteiger partial charge in [0.1, 0.15) is 5.82 Å². The molecular weight excluding hydrogens is 298 g/mol. The van der Waals surface area contributed by atoms with Crippen LogP contribution in [0.2, 0.25) is 0 Å². The molecule has 1 aromatic heterocycles. The Balaban J connectivity index is 1.52. The number of piperidine rings is 1. The Hall–Kier alpha value is -2.23. The van der Waals surface area contributed by atoms with E-state index in [1.54, 1.807) is 0 Å². The molecule has 0 bridgehead atoms. The van der Waals surface area contributed by atoms with E-state index in [1.807, 2.05) is 30.2 Å². The minimum Gasteiger partial charge on any atom is -0.338 e. The first-order valence-electron chi connectivity index (χ1n) is 8.91. The summed E-state index contributed by atoms with van der Waals surface area (Å²) >= 11 is 0. The minimum absolute atomic E-state index is 0.167. The van der Waals surface area contributed by atoms with Crippen molar-refractivity contribution in [3.8, 4) is 0 Å². The number of hydrogen-bond donors (Lipinski definition) is 0. The number of carbonyl (C=O) groups is 1. The number of aromatic nitrogens is 2. The lowest BCUT2D eigenvalue weighted by atomic mass is 9.93. The third kappa shape index (κ3) is 2.93. The van der Waals surface area contributed by atoms with Crippen LogP contribution in [-0.4, -0.2) is 33.9 Å². The Morgan fingerprint density at radius 2 is 2.04 bits per heavy atom. The summed E-state index contributed by atoms with van der Waals surface area (Å²) in [5.74, 6) is 1.29. The van der Waals surface area contributed by atoms with E-state index in [0.717, 1.165) is 55.9 Å². The molecule has 2 aliphatic rings. The van der Waals surface area contributed by atoms with Gasteiger partial charge in [-0.1, -0.05) is 6.07 Å². The first-order valence-corrected chi connectivity index (χ1v) is 8.91. The van der Waals surface area contributed by atoms with Gasteiger partial charge < -0.3 is 4.90 Å². The molecule has 4 heteroatoms. The predicted molar refractivity (Wildman–Crippen MR) is 93.1 cm³/mol. The van der Waals surface area contributed by atoms with Crippen molar-refractivity contribution >= 4 is 5.91 Å². The van der Waals surface area contributed by atoms with E-state index in [-0.39, 0.29) is 5.91 Å². The van der Waals surface area contributed by atoms with E-state index in [9.17, 15) is 4.79 Å². The third-order valence-corrected chi connectivity index (χ3v) is 5.27. The molecule has 1 aromatic carbocycles. The number of nitrogens with zero attached hydrogens (tertiary/aromatic N) is 3. The van der Waals surface area contributed by atoms with Crippen LogP contribution in [0.3, 0.4) is 0 Å². The van der Waals surface area contributed by atoms with Crippen molar-refractivity contribution in [2.45, 2.75) is 44.9 Å². The summed E-state index contributed by atoms with van der Waals surface area (Å²) in [6, 6.07) is 8.25. The number of benzene rings is 1. The summed E-state index contributed by atoms with van der Waals surface area (Å²) < 4.78 is 0. The number of hydrogen-bond acceptors (Lipinski definition) is 3. The topological polar surface area (TPSA) is 46.1 Å². The van der Waals surface area contributed by atoms with Gasteiger partial charge in [0.25, 0.3) is 5.91 Å². The fourth-order valence-corrected chi connectivity index (χ4v) is 3.99. The van der Waals surface area contributed by atoms with Crippen LogP contribution in [0.25, 0.3) is 0 Å². The molecule has 1 unspecified atom stereocenters. The monoisotopic (exact) mass is 321 g/mol. The summed E-state index contributed by atoms with van der Waals surface area (Å²) in [5, 5.41) is 0. The maximum absolute atomic E-state index is 12.9.